The third-order valence-electron chi connectivity index (χ3n) is 13.7. The van der Waals surface area contributed by atoms with E-state index in [1.54, 1.807) is 12.3 Å². The second-order valence-electron chi connectivity index (χ2n) is 21.5. The lowest BCUT2D eigenvalue weighted by molar-refractivity contribution is 0.446. The molecule has 0 spiro atoms. The van der Waals surface area contributed by atoms with Crippen molar-refractivity contribution in [3.63, 3.8) is 0 Å². The predicted octanol–water partition coefficient (Wildman–Crippen LogP) is 18.6. The first-order valence-corrected chi connectivity index (χ1v) is 24.9. The van der Waals surface area contributed by atoms with Crippen molar-refractivity contribution in [3.05, 3.63) is 216 Å². The molecule has 4 nitrogen and oxygen atoms in total. The van der Waals surface area contributed by atoms with Crippen molar-refractivity contribution in [1.82, 2.24) is 14.5 Å². The lowest BCUT2D eigenvalue weighted by Crippen LogP contribution is -2.17. The van der Waals surface area contributed by atoms with Crippen molar-refractivity contribution in [2.24, 2.45) is 0 Å². The minimum Gasteiger partial charge on any atom is -0.507 e. The van der Waals surface area contributed by atoms with Gasteiger partial charge in [0.2, 0.25) is 0 Å². The third-order valence-corrected chi connectivity index (χ3v) is 13.7. The number of para-hydroxylation sites is 1. The quantitative estimate of drug-likeness (QED) is 0.149. The van der Waals surface area contributed by atoms with Gasteiger partial charge in [-0.1, -0.05) is 203 Å². The fraction of sp³-hybridized carbons (Fsp3) is 0.206. The Labute approximate surface area is 436 Å². The van der Waals surface area contributed by atoms with Gasteiger partial charge in [-0.25, -0.2) is 4.98 Å². The molecule has 10 aromatic rings. The third kappa shape index (κ3) is 9.30. The van der Waals surface area contributed by atoms with Crippen LogP contribution in [0.5, 0.6) is 5.75 Å². The van der Waals surface area contributed by atoms with Gasteiger partial charge in [-0.2, -0.15) is 0 Å². The lowest BCUT2D eigenvalue weighted by Gasteiger charge is -2.28. The number of imidazole rings is 1. The van der Waals surface area contributed by atoms with Crippen LogP contribution in [0.25, 0.3) is 95.0 Å². The Balaban J connectivity index is 1.32. The average Bonchev–Trinajstić information content (AvgIpc) is 3.65. The molecule has 0 saturated carbocycles. The molecule has 2 heterocycles. The summed E-state index contributed by atoms with van der Waals surface area (Å²) in [7, 11) is 0. The van der Waals surface area contributed by atoms with E-state index in [9.17, 15) is 10.6 Å². The van der Waals surface area contributed by atoms with E-state index in [4.69, 9.17) is 14.1 Å². The molecule has 72 heavy (non-hydrogen) atoms. The van der Waals surface area contributed by atoms with E-state index in [1.807, 2.05) is 78.9 Å². The molecule has 0 bridgehead atoms. The van der Waals surface area contributed by atoms with E-state index in [1.165, 1.54) is 0 Å². The number of hydrogen-bond acceptors (Lipinski definition) is 3. The van der Waals surface area contributed by atoms with Gasteiger partial charge in [-0.15, -0.1) is 0 Å². The number of fused-ring (bicyclic) bond motifs is 1. The molecule has 1 N–H and O–H groups in total. The van der Waals surface area contributed by atoms with E-state index >= 15 is 0 Å². The number of hydrogen-bond donors (Lipinski definition) is 1. The standard InChI is InChI=1S/C68H65N3O/c1-43(2)57-38-52(47-25-18-13-19-26-47)39-58(44(3)4)64(57)71-62-28-20-27-56(63(62)70-66(71)59-41-55(67(5,6)7)42-60(65(59)72)68(8,9)10)53-35-51(46-23-16-12-17-24-46)36-54(37-53)61-40-50(33-34-69-61)49-31-29-48(30-32-49)45-21-14-11-15-22-45/h11-44,72H,1-10H3/i12D,16D,17D,23D,24D,35D,36D. The Hall–Kier alpha value is -7.82. The van der Waals surface area contributed by atoms with Crippen LogP contribution in [0.4, 0.5) is 0 Å². The second kappa shape index (κ2) is 19.1. The summed E-state index contributed by atoms with van der Waals surface area (Å²) in [5.41, 5.74) is 13.0. The Morgan fingerprint density at radius 3 is 1.68 bits per heavy atom. The fourth-order valence-corrected chi connectivity index (χ4v) is 9.69. The highest BCUT2D eigenvalue weighted by molar-refractivity contribution is 5.98. The van der Waals surface area contributed by atoms with Gasteiger partial charge in [0.15, 0.2) is 0 Å². The number of nitrogens with zero attached hydrogens (tertiary/aromatic N) is 3. The van der Waals surface area contributed by atoms with E-state index in [2.05, 4.69) is 134 Å². The van der Waals surface area contributed by atoms with Gasteiger partial charge in [0, 0.05) is 22.9 Å². The molecule has 2 aromatic heterocycles. The van der Waals surface area contributed by atoms with Gasteiger partial charge in [0.05, 0.1) is 37.6 Å². The Morgan fingerprint density at radius 1 is 0.500 bits per heavy atom. The molecule has 358 valence electrons. The van der Waals surface area contributed by atoms with Gasteiger partial charge >= 0.3 is 0 Å². The molecule has 10 rings (SSSR count). The molecule has 0 saturated heterocycles. The number of benzene rings is 8. The van der Waals surface area contributed by atoms with Crippen LogP contribution in [0, 0.1) is 0 Å². The molecular weight excluding hydrogens is 875 g/mol. The lowest BCUT2D eigenvalue weighted by atomic mass is 9.78. The molecule has 4 heteroatoms. The summed E-state index contributed by atoms with van der Waals surface area (Å²) in [6.45, 7) is 21.5. The summed E-state index contributed by atoms with van der Waals surface area (Å²) >= 11 is 0. The van der Waals surface area contributed by atoms with E-state index < -0.39 is 35.6 Å². The molecule has 0 aliphatic heterocycles. The number of aromatic nitrogens is 3. The monoisotopic (exact) mass is 947 g/mol. The molecule has 8 aromatic carbocycles. The van der Waals surface area contributed by atoms with Crippen molar-refractivity contribution in [3.8, 4) is 89.7 Å². The van der Waals surface area contributed by atoms with Gasteiger partial charge in [0.1, 0.15) is 11.6 Å². The largest absolute Gasteiger partial charge is 0.507 e. The summed E-state index contributed by atoms with van der Waals surface area (Å²) < 4.78 is 66.8. The van der Waals surface area contributed by atoms with E-state index in [0.29, 0.717) is 44.8 Å². The number of rotatable bonds is 10. The summed E-state index contributed by atoms with van der Waals surface area (Å²) in [6, 6.07) is 45.5. The molecular formula is C68H65N3O. The highest BCUT2D eigenvalue weighted by Crippen LogP contribution is 2.47. The minimum absolute atomic E-state index is 0.0287. The van der Waals surface area contributed by atoms with Crippen LogP contribution in [0.3, 0.4) is 0 Å². The van der Waals surface area contributed by atoms with Crippen LogP contribution in [0.2, 0.25) is 0 Å². The number of pyridine rings is 1. The maximum absolute atomic E-state index is 12.8. The molecule has 0 radical (unpaired) electrons. The first-order valence-electron chi connectivity index (χ1n) is 28.4. The van der Waals surface area contributed by atoms with Crippen LogP contribution in [0.15, 0.2) is 194 Å². The van der Waals surface area contributed by atoms with Crippen molar-refractivity contribution < 1.29 is 14.7 Å². The van der Waals surface area contributed by atoms with Crippen molar-refractivity contribution in [2.45, 2.75) is 91.9 Å². The zero-order valence-corrected chi connectivity index (χ0v) is 42.9. The van der Waals surface area contributed by atoms with Crippen molar-refractivity contribution >= 4 is 11.0 Å². The van der Waals surface area contributed by atoms with Gasteiger partial charge in [-0.3, -0.25) is 9.55 Å². The van der Waals surface area contributed by atoms with Crippen LogP contribution >= 0.6 is 0 Å². The van der Waals surface area contributed by atoms with Gasteiger partial charge < -0.3 is 5.11 Å². The average molecular weight is 947 g/mol. The summed E-state index contributed by atoms with van der Waals surface area (Å²) in [5, 5.41) is 12.8. The second-order valence-corrected chi connectivity index (χ2v) is 21.5. The summed E-state index contributed by atoms with van der Waals surface area (Å²) in [4.78, 5) is 10.5. The minimum atomic E-state index is -0.574. The van der Waals surface area contributed by atoms with Crippen LogP contribution in [0.1, 0.15) is 113 Å². The maximum atomic E-state index is 12.8. The van der Waals surface area contributed by atoms with Gasteiger partial charge in [0.25, 0.3) is 0 Å². The van der Waals surface area contributed by atoms with Gasteiger partial charge in [-0.05, 0) is 144 Å². The van der Waals surface area contributed by atoms with Crippen LogP contribution < -0.4 is 0 Å². The van der Waals surface area contributed by atoms with Crippen molar-refractivity contribution in [2.75, 3.05) is 0 Å². The molecule has 0 atom stereocenters. The van der Waals surface area contributed by atoms with Crippen LogP contribution in [-0.4, -0.2) is 19.6 Å². The number of phenolic OH excluding ortho intramolecular Hbond substituents is 1. The zero-order valence-electron chi connectivity index (χ0n) is 49.9. The summed E-state index contributed by atoms with van der Waals surface area (Å²) in [5.74, 6) is 0.667. The Bertz CT molecular complexity index is 3940. The molecule has 0 unspecified atom stereocenters. The number of phenols is 1. The first-order chi connectivity index (χ1) is 37.5. The molecule has 0 aliphatic rings. The zero-order chi connectivity index (χ0) is 56.6. The highest BCUT2D eigenvalue weighted by atomic mass is 16.3. The van der Waals surface area contributed by atoms with E-state index in [0.717, 1.165) is 61.3 Å². The topological polar surface area (TPSA) is 50.9 Å². The molecule has 0 aliphatic carbocycles. The van der Waals surface area contributed by atoms with E-state index in [-0.39, 0.29) is 46.2 Å². The summed E-state index contributed by atoms with van der Waals surface area (Å²) in [6.07, 6.45) is 1.67. The van der Waals surface area contributed by atoms with Crippen molar-refractivity contribution in [1.29, 1.82) is 0 Å². The fourth-order valence-electron chi connectivity index (χ4n) is 9.69. The molecule has 0 fully saturated rings. The Morgan fingerprint density at radius 2 is 1.08 bits per heavy atom. The Kier molecular flexibility index (Phi) is 10.6. The first kappa shape index (κ1) is 39.8. The highest BCUT2D eigenvalue weighted by Gasteiger charge is 2.31. The number of aromatic hydroxyl groups is 1. The normalized spacial score (nSPS) is 13.4. The molecule has 0 amide bonds. The maximum Gasteiger partial charge on any atom is 0.149 e. The SMILES string of the molecule is [2H]c1c([2H])c([2H])c(-c2c([2H])c(-c3cc(-c4ccc(-c5ccccc5)cc4)ccn3)cc(-c3cccc4c3nc(-c3cc(C(C)(C)C)cc(C(C)(C)C)c3O)n4-c3c(C(C)C)cc(-c4ccccc4)cc3C(C)C)c2[2H])c([2H])c1[2H]. The predicted molar refractivity (Wildman–Crippen MR) is 304 cm³/mol. The smallest absolute Gasteiger partial charge is 0.149 e. The van der Waals surface area contributed by atoms with Crippen LogP contribution in [-0.2, 0) is 10.8 Å².